The molecule has 0 spiro atoms. The average Bonchev–Trinajstić information content (AvgIpc) is 2.26. The molecule has 0 aliphatic carbocycles. The van der Waals surface area contributed by atoms with Crippen molar-refractivity contribution in [2.24, 2.45) is 5.92 Å². The van der Waals surface area contributed by atoms with Crippen LogP contribution in [0.3, 0.4) is 0 Å². The van der Waals surface area contributed by atoms with Gasteiger partial charge in [0, 0.05) is 32.8 Å². The summed E-state index contributed by atoms with van der Waals surface area (Å²) in [5, 5.41) is 3.49. The van der Waals surface area contributed by atoms with Gasteiger partial charge in [0.1, 0.15) is 0 Å². The molecule has 1 atom stereocenters. The van der Waals surface area contributed by atoms with E-state index in [1.165, 1.54) is 6.42 Å². The predicted molar refractivity (Wildman–Crippen MR) is 70.9 cm³/mol. The summed E-state index contributed by atoms with van der Waals surface area (Å²) < 4.78 is 5.15. The zero-order chi connectivity index (χ0) is 12.4. The molecule has 3 nitrogen and oxygen atoms in total. The van der Waals surface area contributed by atoms with Crippen LogP contribution in [-0.4, -0.2) is 50.8 Å². The fraction of sp³-hybridized carbons (Fsp3) is 1.00. The second-order valence-corrected chi connectivity index (χ2v) is 4.88. The van der Waals surface area contributed by atoms with Crippen LogP contribution in [0.15, 0.2) is 0 Å². The van der Waals surface area contributed by atoms with Crippen molar-refractivity contribution >= 4 is 0 Å². The molecule has 3 heteroatoms. The lowest BCUT2D eigenvalue weighted by atomic mass is 10.2. The first kappa shape index (κ1) is 15.9. The summed E-state index contributed by atoms with van der Waals surface area (Å²) in [7, 11) is 1.77. The van der Waals surface area contributed by atoms with Gasteiger partial charge in [0.05, 0.1) is 6.61 Å². The Labute approximate surface area is 102 Å². The highest BCUT2D eigenvalue weighted by Gasteiger charge is 2.10. The Bertz CT molecular complexity index is 151. The van der Waals surface area contributed by atoms with Gasteiger partial charge in [-0.15, -0.1) is 0 Å². The minimum absolute atomic E-state index is 0.649. The van der Waals surface area contributed by atoms with Gasteiger partial charge in [-0.05, 0) is 25.8 Å². The van der Waals surface area contributed by atoms with Crippen LogP contribution in [0.25, 0.3) is 0 Å². The number of hydrogen-bond donors (Lipinski definition) is 1. The molecular formula is C13H30N2O. The summed E-state index contributed by atoms with van der Waals surface area (Å²) in [5.41, 5.74) is 0. The van der Waals surface area contributed by atoms with Gasteiger partial charge in [-0.3, -0.25) is 4.90 Å². The fourth-order valence-electron chi connectivity index (χ4n) is 1.63. The van der Waals surface area contributed by atoms with Gasteiger partial charge >= 0.3 is 0 Å². The largest absolute Gasteiger partial charge is 0.383 e. The van der Waals surface area contributed by atoms with E-state index >= 15 is 0 Å². The monoisotopic (exact) mass is 230 g/mol. The summed E-state index contributed by atoms with van der Waals surface area (Å²) in [6.45, 7) is 14.2. The first-order valence-electron chi connectivity index (χ1n) is 6.55. The Balaban J connectivity index is 3.73. The van der Waals surface area contributed by atoms with E-state index in [9.17, 15) is 0 Å². The number of ether oxygens (including phenoxy) is 1. The van der Waals surface area contributed by atoms with Gasteiger partial charge in [-0.2, -0.15) is 0 Å². The van der Waals surface area contributed by atoms with Crippen LogP contribution < -0.4 is 5.32 Å². The minimum Gasteiger partial charge on any atom is -0.383 e. The molecule has 0 heterocycles. The van der Waals surface area contributed by atoms with Crippen LogP contribution >= 0.6 is 0 Å². The summed E-state index contributed by atoms with van der Waals surface area (Å²) in [4.78, 5) is 2.50. The quantitative estimate of drug-likeness (QED) is 0.581. The maximum absolute atomic E-state index is 5.15. The number of methoxy groups -OCH3 is 1. The van der Waals surface area contributed by atoms with E-state index in [0.29, 0.717) is 6.04 Å². The number of nitrogens with one attached hydrogen (secondary N) is 1. The lowest BCUT2D eigenvalue weighted by Crippen LogP contribution is -2.40. The maximum Gasteiger partial charge on any atom is 0.0589 e. The van der Waals surface area contributed by atoms with Crippen molar-refractivity contribution < 1.29 is 4.74 Å². The first-order valence-corrected chi connectivity index (χ1v) is 6.55. The molecule has 0 aliphatic rings. The first-order chi connectivity index (χ1) is 7.61. The molecule has 0 aromatic heterocycles. The smallest absolute Gasteiger partial charge is 0.0589 e. The van der Waals surface area contributed by atoms with Crippen LogP contribution in [0.2, 0.25) is 0 Å². The van der Waals surface area contributed by atoms with Crippen molar-refractivity contribution in [2.75, 3.05) is 39.9 Å². The standard InChI is InChI=1S/C13H30N2O/c1-6-13(4)15(9-10-16-5)8-7-14-11-12(2)3/h12-14H,6-11H2,1-5H3. The van der Waals surface area contributed by atoms with Gasteiger partial charge in [0.2, 0.25) is 0 Å². The highest BCUT2D eigenvalue weighted by molar-refractivity contribution is 4.67. The van der Waals surface area contributed by atoms with Crippen LogP contribution in [-0.2, 0) is 4.74 Å². The Morgan fingerprint density at radius 2 is 1.88 bits per heavy atom. The number of hydrogen-bond acceptors (Lipinski definition) is 3. The van der Waals surface area contributed by atoms with E-state index in [2.05, 4.69) is 37.9 Å². The second kappa shape index (κ2) is 10.1. The van der Waals surface area contributed by atoms with Crippen LogP contribution in [0.4, 0.5) is 0 Å². The summed E-state index contributed by atoms with van der Waals surface area (Å²) in [6.07, 6.45) is 1.20. The number of nitrogens with zero attached hydrogens (tertiary/aromatic N) is 1. The van der Waals surface area contributed by atoms with Crippen LogP contribution in [0.5, 0.6) is 0 Å². The Morgan fingerprint density at radius 1 is 1.19 bits per heavy atom. The lowest BCUT2D eigenvalue weighted by molar-refractivity contribution is 0.123. The normalized spacial score (nSPS) is 13.7. The third-order valence-corrected chi connectivity index (χ3v) is 2.93. The van der Waals surface area contributed by atoms with E-state index in [-0.39, 0.29) is 0 Å². The van der Waals surface area contributed by atoms with Crippen molar-refractivity contribution in [3.63, 3.8) is 0 Å². The van der Waals surface area contributed by atoms with Crippen LogP contribution in [0, 0.1) is 5.92 Å². The zero-order valence-corrected chi connectivity index (χ0v) is 11.8. The van der Waals surface area contributed by atoms with E-state index in [0.717, 1.165) is 38.7 Å². The third kappa shape index (κ3) is 8.08. The van der Waals surface area contributed by atoms with Gasteiger partial charge in [-0.25, -0.2) is 0 Å². The van der Waals surface area contributed by atoms with Crippen LogP contribution in [0.1, 0.15) is 34.1 Å². The van der Waals surface area contributed by atoms with Gasteiger partial charge in [0.15, 0.2) is 0 Å². The summed E-state index contributed by atoms with van der Waals surface area (Å²) in [5.74, 6) is 0.732. The van der Waals surface area contributed by atoms with Gasteiger partial charge < -0.3 is 10.1 Å². The van der Waals surface area contributed by atoms with Crippen molar-refractivity contribution in [1.82, 2.24) is 10.2 Å². The minimum atomic E-state index is 0.649. The van der Waals surface area contributed by atoms with E-state index < -0.39 is 0 Å². The van der Waals surface area contributed by atoms with E-state index in [4.69, 9.17) is 4.74 Å². The summed E-state index contributed by atoms with van der Waals surface area (Å²) >= 11 is 0. The predicted octanol–water partition coefficient (Wildman–Crippen LogP) is 1.98. The molecule has 98 valence electrons. The van der Waals surface area contributed by atoms with E-state index in [1.54, 1.807) is 7.11 Å². The maximum atomic E-state index is 5.15. The van der Waals surface area contributed by atoms with Gasteiger partial charge in [-0.1, -0.05) is 20.8 Å². The molecule has 0 aromatic rings. The Kier molecular flexibility index (Phi) is 9.99. The molecule has 0 radical (unpaired) electrons. The van der Waals surface area contributed by atoms with Crippen molar-refractivity contribution in [3.05, 3.63) is 0 Å². The highest BCUT2D eigenvalue weighted by atomic mass is 16.5. The Hall–Kier alpha value is -0.120. The van der Waals surface area contributed by atoms with E-state index in [1.807, 2.05) is 0 Å². The number of rotatable bonds is 10. The topological polar surface area (TPSA) is 24.5 Å². The molecule has 0 fully saturated rings. The molecule has 0 amide bonds. The van der Waals surface area contributed by atoms with Crippen molar-refractivity contribution in [2.45, 2.75) is 40.2 Å². The molecule has 0 saturated heterocycles. The second-order valence-electron chi connectivity index (χ2n) is 4.88. The van der Waals surface area contributed by atoms with Gasteiger partial charge in [0.25, 0.3) is 0 Å². The Morgan fingerprint density at radius 3 is 2.38 bits per heavy atom. The van der Waals surface area contributed by atoms with Crippen molar-refractivity contribution in [3.8, 4) is 0 Å². The molecule has 1 N–H and O–H groups in total. The fourth-order valence-corrected chi connectivity index (χ4v) is 1.63. The zero-order valence-electron chi connectivity index (χ0n) is 11.8. The lowest BCUT2D eigenvalue weighted by Gasteiger charge is -2.28. The SMILES string of the molecule is CCC(C)N(CCNCC(C)C)CCOC. The molecule has 0 aromatic carbocycles. The highest BCUT2D eigenvalue weighted by Crippen LogP contribution is 2.02. The average molecular weight is 230 g/mol. The molecule has 1 unspecified atom stereocenters. The molecule has 0 saturated carbocycles. The molecule has 16 heavy (non-hydrogen) atoms. The molecule has 0 aliphatic heterocycles. The third-order valence-electron chi connectivity index (χ3n) is 2.93. The molecular weight excluding hydrogens is 200 g/mol. The van der Waals surface area contributed by atoms with Crippen molar-refractivity contribution in [1.29, 1.82) is 0 Å². The summed E-state index contributed by atoms with van der Waals surface area (Å²) in [6, 6.07) is 0.649. The molecule has 0 bridgehead atoms. The molecule has 0 rings (SSSR count).